The molecule has 0 aromatic rings. The second-order valence-corrected chi connectivity index (χ2v) is 3.67. The van der Waals surface area contributed by atoms with E-state index in [1.165, 1.54) is 25.9 Å². The van der Waals surface area contributed by atoms with Crippen molar-refractivity contribution in [2.24, 2.45) is 0 Å². The number of nitrogens with one attached hydrogen (secondary N) is 2. The maximum absolute atomic E-state index is 11.2. The van der Waals surface area contributed by atoms with E-state index < -0.39 is 24.1 Å². The van der Waals surface area contributed by atoms with E-state index in [1.54, 1.807) is 0 Å². The number of rotatable bonds is 5. The number of carbonyl (C=O) groups excluding carboxylic acids is 2. The van der Waals surface area contributed by atoms with Crippen LogP contribution in [-0.4, -0.2) is 65.8 Å². The first-order valence-electron chi connectivity index (χ1n) is 4.91. The molecular weight excluding hydrogens is 230 g/mol. The second-order valence-electron chi connectivity index (χ2n) is 3.67. The van der Waals surface area contributed by atoms with Gasteiger partial charge in [0.15, 0.2) is 6.04 Å². The van der Waals surface area contributed by atoms with Gasteiger partial charge in [-0.05, 0) is 6.92 Å². The molecule has 0 saturated carbocycles. The zero-order valence-electron chi connectivity index (χ0n) is 9.93. The first kappa shape index (κ1) is 15.2. The Hall–Kier alpha value is -1.83. The molecular formula is C9H17N3O5. The average molecular weight is 247 g/mol. The third-order valence-corrected chi connectivity index (χ3v) is 1.93. The molecule has 98 valence electrons. The molecule has 0 aliphatic carbocycles. The molecule has 3 amide bonds. The van der Waals surface area contributed by atoms with Crippen LogP contribution in [0.2, 0.25) is 0 Å². The molecule has 0 aromatic carbocycles. The van der Waals surface area contributed by atoms with Gasteiger partial charge in [0.2, 0.25) is 5.91 Å². The lowest BCUT2D eigenvalue weighted by atomic mass is 10.2. The summed E-state index contributed by atoms with van der Waals surface area (Å²) >= 11 is 0. The second kappa shape index (κ2) is 6.69. The highest BCUT2D eigenvalue weighted by molar-refractivity contribution is 5.86. The van der Waals surface area contributed by atoms with Gasteiger partial charge in [-0.15, -0.1) is 0 Å². The molecule has 0 saturated heterocycles. The lowest BCUT2D eigenvalue weighted by Gasteiger charge is -2.17. The number of hydrogen-bond acceptors (Lipinski definition) is 4. The highest BCUT2D eigenvalue weighted by Crippen LogP contribution is 1.92. The largest absolute Gasteiger partial charge is 0.480 e. The minimum Gasteiger partial charge on any atom is -0.480 e. The molecule has 2 unspecified atom stereocenters. The number of aliphatic hydroxyl groups is 1. The molecule has 17 heavy (non-hydrogen) atoms. The monoisotopic (exact) mass is 247 g/mol. The van der Waals surface area contributed by atoms with Crippen molar-refractivity contribution in [2.45, 2.75) is 19.1 Å². The van der Waals surface area contributed by atoms with E-state index in [2.05, 4.69) is 5.32 Å². The topological polar surface area (TPSA) is 119 Å². The predicted octanol–water partition coefficient (Wildman–Crippen LogP) is -1.79. The summed E-state index contributed by atoms with van der Waals surface area (Å²) in [6.45, 7) is 0.995. The molecule has 8 heteroatoms. The van der Waals surface area contributed by atoms with Crippen LogP contribution in [0.4, 0.5) is 4.79 Å². The molecule has 8 nitrogen and oxygen atoms in total. The van der Waals surface area contributed by atoms with E-state index in [-0.39, 0.29) is 12.5 Å². The molecule has 2 atom stereocenters. The standard InChI is InChI=1S/C9H17N3O5/c1-5(13)7(8(15)16)11-9(17)10-4-6(14)12(2)3/h5,7,13H,4H2,1-3H3,(H,15,16)(H2,10,11,17). The molecule has 0 heterocycles. The molecule has 0 spiro atoms. The van der Waals surface area contributed by atoms with E-state index in [0.29, 0.717) is 0 Å². The van der Waals surface area contributed by atoms with Crippen LogP contribution in [0, 0.1) is 0 Å². The van der Waals surface area contributed by atoms with Crippen LogP contribution >= 0.6 is 0 Å². The van der Waals surface area contributed by atoms with Gasteiger partial charge in [0.25, 0.3) is 0 Å². The van der Waals surface area contributed by atoms with E-state index in [4.69, 9.17) is 10.2 Å². The van der Waals surface area contributed by atoms with Crippen LogP contribution in [0.25, 0.3) is 0 Å². The van der Waals surface area contributed by atoms with Crippen molar-refractivity contribution in [3.05, 3.63) is 0 Å². The fourth-order valence-corrected chi connectivity index (χ4v) is 0.895. The van der Waals surface area contributed by atoms with E-state index in [1.807, 2.05) is 5.32 Å². The first-order valence-corrected chi connectivity index (χ1v) is 4.91. The molecule has 0 aromatic heterocycles. The van der Waals surface area contributed by atoms with Gasteiger partial charge in [0.05, 0.1) is 12.6 Å². The Bertz CT molecular complexity index is 303. The van der Waals surface area contributed by atoms with E-state index >= 15 is 0 Å². The zero-order chi connectivity index (χ0) is 13.6. The fourth-order valence-electron chi connectivity index (χ4n) is 0.895. The molecule has 0 fully saturated rings. The van der Waals surface area contributed by atoms with Crippen LogP contribution in [-0.2, 0) is 9.59 Å². The van der Waals surface area contributed by atoms with E-state index in [0.717, 1.165) is 0 Å². The van der Waals surface area contributed by atoms with Gasteiger partial charge >= 0.3 is 12.0 Å². The summed E-state index contributed by atoms with van der Waals surface area (Å²) in [6.07, 6.45) is -1.23. The van der Waals surface area contributed by atoms with Gasteiger partial charge < -0.3 is 25.7 Å². The summed E-state index contributed by atoms with van der Waals surface area (Å²) in [7, 11) is 3.05. The van der Waals surface area contributed by atoms with Crippen LogP contribution in [0.5, 0.6) is 0 Å². The van der Waals surface area contributed by atoms with Crippen molar-refractivity contribution in [1.29, 1.82) is 0 Å². The number of carboxylic acids is 1. The number of nitrogens with zero attached hydrogens (tertiary/aromatic N) is 1. The predicted molar refractivity (Wildman–Crippen MR) is 58.3 cm³/mol. The Morgan fingerprint density at radius 2 is 1.82 bits per heavy atom. The van der Waals surface area contributed by atoms with Crippen molar-refractivity contribution in [3.8, 4) is 0 Å². The number of carbonyl (C=O) groups is 3. The number of hydrogen-bond donors (Lipinski definition) is 4. The quantitative estimate of drug-likeness (QED) is 0.457. The minimum atomic E-state index is -1.41. The zero-order valence-corrected chi connectivity index (χ0v) is 9.93. The summed E-state index contributed by atoms with van der Waals surface area (Å²) in [6, 6.07) is -2.24. The van der Waals surface area contributed by atoms with Gasteiger partial charge in [-0.3, -0.25) is 4.79 Å². The average Bonchev–Trinajstić information content (AvgIpc) is 2.21. The normalized spacial score (nSPS) is 13.4. The van der Waals surface area contributed by atoms with Crippen LogP contribution in [0.1, 0.15) is 6.92 Å². The number of amides is 3. The SMILES string of the molecule is CC(O)C(NC(=O)NCC(=O)N(C)C)C(=O)O. The molecule has 0 bridgehead atoms. The first-order chi connectivity index (χ1) is 7.75. The molecule has 0 aliphatic rings. The summed E-state index contributed by atoms with van der Waals surface area (Å²) < 4.78 is 0. The van der Waals surface area contributed by atoms with Gasteiger partial charge in [-0.2, -0.15) is 0 Å². The fraction of sp³-hybridized carbons (Fsp3) is 0.667. The summed E-state index contributed by atoms with van der Waals surface area (Å²) in [4.78, 5) is 34.3. The van der Waals surface area contributed by atoms with Gasteiger partial charge in [-0.25, -0.2) is 9.59 Å². The summed E-state index contributed by atoms with van der Waals surface area (Å²) in [5.74, 6) is -1.68. The minimum absolute atomic E-state index is 0.245. The van der Waals surface area contributed by atoms with Crippen molar-refractivity contribution in [1.82, 2.24) is 15.5 Å². The van der Waals surface area contributed by atoms with Crippen LogP contribution in [0.15, 0.2) is 0 Å². The number of aliphatic hydroxyl groups excluding tert-OH is 1. The Labute approximate surface area is 98.6 Å². The smallest absolute Gasteiger partial charge is 0.328 e. The third-order valence-electron chi connectivity index (χ3n) is 1.93. The Balaban J connectivity index is 4.17. The summed E-state index contributed by atoms with van der Waals surface area (Å²) in [5, 5.41) is 22.0. The van der Waals surface area contributed by atoms with Gasteiger partial charge in [0, 0.05) is 14.1 Å². The third kappa shape index (κ3) is 5.71. The lowest BCUT2D eigenvalue weighted by molar-refractivity contribution is -0.141. The highest BCUT2D eigenvalue weighted by Gasteiger charge is 2.24. The van der Waals surface area contributed by atoms with Gasteiger partial charge in [0.1, 0.15) is 0 Å². The lowest BCUT2D eigenvalue weighted by Crippen LogP contribution is -2.52. The summed E-state index contributed by atoms with van der Waals surface area (Å²) in [5.41, 5.74) is 0. The number of likely N-dealkylation sites (N-methyl/N-ethyl adjacent to an activating group) is 1. The van der Waals surface area contributed by atoms with E-state index in [9.17, 15) is 14.4 Å². The Kier molecular flexibility index (Phi) is 5.97. The molecule has 0 rings (SSSR count). The van der Waals surface area contributed by atoms with Crippen LogP contribution in [0.3, 0.4) is 0 Å². The van der Waals surface area contributed by atoms with Crippen molar-refractivity contribution >= 4 is 17.9 Å². The van der Waals surface area contributed by atoms with Gasteiger partial charge in [-0.1, -0.05) is 0 Å². The highest BCUT2D eigenvalue weighted by atomic mass is 16.4. The maximum atomic E-state index is 11.2. The molecule has 0 radical (unpaired) electrons. The molecule has 4 N–H and O–H groups in total. The van der Waals surface area contributed by atoms with Crippen LogP contribution < -0.4 is 10.6 Å². The number of urea groups is 1. The van der Waals surface area contributed by atoms with Crippen molar-refractivity contribution in [2.75, 3.05) is 20.6 Å². The Morgan fingerprint density at radius 1 is 1.29 bits per heavy atom. The maximum Gasteiger partial charge on any atom is 0.328 e. The Morgan fingerprint density at radius 3 is 2.18 bits per heavy atom. The number of aliphatic carboxylic acids is 1. The van der Waals surface area contributed by atoms with Crippen molar-refractivity contribution in [3.63, 3.8) is 0 Å². The number of carboxylic acid groups (broad SMARTS) is 1. The van der Waals surface area contributed by atoms with Crippen molar-refractivity contribution < 1.29 is 24.6 Å². The molecule has 0 aliphatic heterocycles.